The summed E-state index contributed by atoms with van der Waals surface area (Å²) in [5.41, 5.74) is 0.447. The molecule has 1 heteroatoms. The third-order valence-electron chi connectivity index (χ3n) is 2.18. The highest BCUT2D eigenvalue weighted by Gasteiger charge is 2.18. The van der Waals surface area contributed by atoms with Crippen LogP contribution in [-0.2, 0) is 0 Å². The summed E-state index contributed by atoms with van der Waals surface area (Å²) < 4.78 is 0. The van der Waals surface area contributed by atoms with E-state index in [-0.39, 0.29) is 0 Å². The van der Waals surface area contributed by atoms with E-state index < -0.39 is 0 Å². The predicted molar refractivity (Wildman–Crippen MR) is 47.2 cm³/mol. The Morgan fingerprint density at radius 1 is 1.30 bits per heavy atom. The topological polar surface area (TPSA) is 12.0 Å². The molecule has 0 fully saturated rings. The van der Waals surface area contributed by atoms with Crippen molar-refractivity contribution in [2.24, 2.45) is 11.3 Å². The summed E-state index contributed by atoms with van der Waals surface area (Å²) in [4.78, 5) is 0. The minimum absolute atomic E-state index is 0.447. The summed E-state index contributed by atoms with van der Waals surface area (Å²) in [6.07, 6.45) is 0. The van der Waals surface area contributed by atoms with E-state index in [9.17, 15) is 0 Å². The van der Waals surface area contributed by atoms with Crippen LogP contribution in [0.1, 0.15) is 34.6 Å². The average molecular weight is 143 g/mol. The van der Waals surface area contributed by atoms with Crippen molar-refractivity contribution in [2.45, 2.75) is 34.6 Å². The van der Waals surface area contributed by atoms with E-state index in [1.165, 1.54) is 0 Å². The van der Waals surface area contributed by atoms with Crippen LogP contribution in [0.25, 0.3) is 0 Å². The normalized spacial score (nSPS) is 15.3. The van der Waals surface area contributed by atoms with E-state index in [0.29, 0.717) is 5.41 Å². The van der Waals surface area contributed by atoms with Crippen LogP contribution in [0.5, 0.6) is 0 Å². The first-order chi connectivity index (χ1) is 4.48. The van der Waals surface area contributed by atoms with E-state index in [4.69, 9.17) is 0 Å². The van der Waals surface area contributed by atoms with Crippen molar-refractivity contribution in [1.82, 2.24) is 5.32 Å². The Balaban J connectivity index is 3.52. The average Bonchev–Trinajstić information content (AvgIpc) is 1.80. The Kier molecular flexibility index (Phi) is 3.95. The highest BCUT2D eigenvalue weighted by atomic mass is 14.8. The van der Waals surface area contributed by atoms with Crippen LogP contribution in [0.15, 0.2) is 0 Å². The predicted octanol–water partition coefficient (Wildman–Crippen LogP) is 2.28. The molecule has 0 amide bonds. The van der Waals surface area contributed by atoms with Crippen molar-refractivity contribution in [2.75, 3.05) is 13.1 Å². The Labute approximate surface area is 65.2 Å². The first kappa shape index (κ1) is 9.96. The fourth-order valence-electron chi connectivity index (χ4n) is 0.667. The summed E-state index contributed by atoms with van der Waals surface area (Å²) in [6.45, 7) is 13.5. The summed E-state index contributed by atoms with van der Waals surface area (Å²) in [6, 6.07) is 0. The first-order valence-corrected chi connectivity index (χ1v) is 4.19. The number of rotatable bonds is 3. The van der Waals surface area contributed by atoms with Crippen LogP contribution >= 0.6 is 0 Å². The summed E-state index contributed by atoms with van der Waals surface area (Å²) in [5.74, 6) is 0.757. The van der Waals surface area contributed by atoms with Gasteiger partial charge in [-0.1, -0.05) is 34.6 Å². The molecule has 0 aromatic rings. The van der Waals surface area contributed by atoms with Crippen molar-refractivity contribution in [3.05, 3.63) is 0 Å². The Morgan fingerprint density at radius 3 is 2.10 bits per heavy atom. The largest absolute Gasteiger partial charge is 0.317 e. The molecule has 1 atom stereocenters. The second-order valence-electron chi connectivity index (χ2n) is 4.07. The quantitative estimate of drug-likeness (QED) is 0.639. The highest BCUT2D eigenvalue weighted by molar-refractivity contribution is 4.71. The lowest BCUT2D eigenvalue weighted by molar-refractivity contribution is 0.254. The first-order valence-electron chi connectivity index (χ1n) is 4.19. The maximum atomic E-state index is 3.35. The zero-order chi connectivity index (χ0) is 8.20. The lowest BCUT2D eigenvalue weighted by Gasteiger charge is -2.27. The molecule has 0 spiro atoms. The fourth-order valence-corrected chi connectivity index (χ4v) is 0.667. The highest BCUT2D eigenvalue weighted by Crippen LogP contribution is 2.24. The van der Waals surface area contributed by atoms with Gasteiger partial charge in [0.05, 0.1) is 0 Å². The Bertz CT molecular complexity index is 81.2. The smallest absolute Gasteiger partial charge is 0.00183 e. The van der Waals surface area contributed by atoms with Gasteiger partial charge < -0.3 is 5.32 Å². The maximum absolute atomic E-state index is 3.35. The van der Waals surface area contributed by atoms with Gasteiger partial charge in [-0.3, -0.25) is 0 Å². The zero-order valence-electron chi connectivity index (χ0n) is 7.99. The minimum Gasteiger partial charge on any atom is -0.317 e. The molecule has 0 aromatic carbocycles. The molecule has 0 radical (unpaired) electrons. The van der Waals surface area contributed by atoms with Crippen molar-refractivity contribution < 1.29 is 0 Å². The molecule has 0 heterocycles. The summed E-state index contributed by atoms with van der Waals surface area (Å²) in [7, 11) is 0. The third-order valence-corrected chi connectivity index (χ3v) is 2.18. The zero-order valence-corrected chi connectivity index (χ0v) is 7.99. The monoisotopic (exact) mass is 143 g/mol. The molecule has 0 rings (SSSR count). The molecule has 0 saturated heterocycles. The molecule has 0 aliphatic heterocycles. The van der Waals surface area contributed by atoms with Crippen molar-refractivity contribution in [1.29, 1.82) is 0 Å². The molecule has 0 aliphatic carbocycles. The van der Waals surface area contributed by atoms with Crippen molar-refractivity contribution in [3.63, 3.8) is 0 Å². The molecule has 0 unspecified atom stereocenters. The SMILES string of the molecule is CCNC[C@@H](C)C(C)(C)C. The van der Waals surface area contributed by atoms with Gasteiger partial charge in [0, 0.05) is 0 Å². The minimum atomic E-state index is 0.447. The van der Waals surface area contributed by atoms with Gasteiger partial charge >= 0.3 is 0 Å². The van der Waals surface area contributed by atoms with Crippen LogP contribution in [0.2, 0.25) is 0 Å². The van der Waals surface area contributed by atoms with Gasteiger partial charge in [-0.25, -0.2) is 0 Å². The van der Waals surface area contributed by atoms with Crippen molar-refractivity contribution >= 4 is 0 Å². The van der Waals surface area contributed by atoms with Gasteiger partial charge in [0.1, 0.15) is 0 Å². The number of hydrogen-bond donors (Lipinski definition) is 1. The fraction of sp³-hybridized carbons (Fsp3) is 1.00. The van der Waals surface area contributed by atoms with Gasteiger partial charge in [0.15, 0.2) is 0 Å². The van der Waals surface area contributed by atoms with Crippen LogP contribution in [0.3, 0.4) is 0 Å². The Hall–Kier alpha value is -0.0400. The van der Waals surface area contributed by atoms with Gasteiger partial charge in [-0.2, -0.15) is 0 Å². The van der Waals surface area contributed by atoms with Crippen LogP contribution in [-0.4, -0.2) is 13.1 Å². The molecule has 1 N–H and O–H groups in total. The molecular weight excluding hydrogens is 122 g/mol. The maximum Gasteiger partial charge on any atom is -0.00183 e. The molecule has 0 aliphatic rings. The van der Waals surface area contributed by atoms with E-state index in [0.717, 1.165) is 19.0 Å². The molecule has 0 bridgehead atoms. The lowest BCUT2D eigenvalue weighted by atomic mass is 9.82. The van der Waals surface area contributed by atoms with Gasteiger partial charge in [-0.15, -0.1) is 0 Å². The van der Waals surface area contributed by atoms with Crippen LogP contribution in [0, 0.1) is 11.3 Å². The van der Waals surface area contributed by atoms with Crippen molar-refractivity contribution in [3.8, 4) is 0 Å². The molecule has 0 saturated carbocycles. The van der Waals surface area contributed by atoms with Gasteiger partial charge in [0.2, 0.25) is 0 Å². The standard InChI is InChI=1S/C9H21N/c1-6-10-7-8(2)9(3,4)5/h8,10H,6-7H2,1-5H3/t8-/m1/s1. The van der Waals surface area contributed by atoms with Crippen LogP contribution in [0.4, 0.5) is 0 Å². The van der Waals surface area contributed by atoms with E-state index in [2.05, 4.69) is 39.9 Å². The summed E-state index contributed by atoms with van der Waals surface area (Å²) >= 11 is 0. The van der Waals surface area contributed by atoms with Gasteiger partial charge in [0.25, 0.3) is 0 Å². The van der Waals surface area contributed by atoms with E-state index in [1.54, 1.807) is 0 Å². The second-order valence-corrected chi connectivity index (χ2v) is 4.07. The molecule has 1 nitrogen and oxygen atoms in total. The van der Waals surface area contributed by atoms with E-state index in [1.807, 2.05) is 0 Å². The van der Waals surface area contributed by atoms with Gasteiger partial charge in [-0.05, 0) is 24.4 Å². The number of hydrogen-bond acceptors (Lipinski definition) is 1. The van der Waals surface area contributed by atoms with E-state index >= 15 is 0 Å². The summed E-state index contributed by atoms with van der Waals surface area (Å²) in [5, 5.41) is 3.35. The molecule has 62 valence electrons. The lowest BCUT2D eigenvalue weighted by Crippen LogP contribution is -2.29. The second kappa shape index (κ2) is 3.97. The number of nitrogens with one attached hydrogen (secondary N) is 1. The molecular formula is C9H21N. The third kappa shape index (κ3) is 3.89. The van der Waals surface area contributed by atoms with Crippen LogP contribution < -0.4 is 5.32 Å². The molecule has 10 heavy (non-hydrogen) atoms. The Morgan fingerprint density at radius 2 is 1.80 bits per heavy atom. The molecule has 0 aromatic heterocycles.